The average molecular weight is 290 g/mol. The summed E-state index contributed by atoms with van der Waals surface area (Å²) in [6.07, 6.45) is 1.01. The number of hydrogen-bond donors (Lipinski definition) is 0. The molecule has 0 radical (unpaired) electrons. The predicted molar refractivity (Wildman–Crippen MR) is 85.7 cm³/mol. The minimum atomic E-state index is 0.753. The third-order valence-electron chi connectivity index (χ3n) is 3.28. The summed E-state index contributed by atoms with van der Waals surface area (Å²) >= 11 is 6.36. The number of nitrogens with zero attached hydrogens (tertiary/aromatic N) is 1. The topological polar surface area (TPSA) is 12.5 Å². The van der Waals surface area contributed by atoms with Crippen LogP contribution in [0.3, 0.4) is 0 Å². The van der Waals surface area contributed by atoms with Gasteiger partial charge in [-0.1, -0.05) is 35.9 Å². The molecule has 2 aromatic rings. The second kappa shape index (κ2) is 6.78. The second-order valence-corrected chi connectivity index (χ2v) is 5.47. The van der Waals surface area contributed by atoms with E-state index in [9.17, 15) is 0 Å². The number of hydrogen-bond acceptors (Lipinski definition) is 2. The monoisotopic (exact) mass is 289 g/mol. The molecular formula is C17H20ClNO. The molecule has 0 saturated carbocycles. The summed E-state index contributed by atoms with van der Waals surface area (Å²) in [6.45, 7) is 1.02. The number of para-hydroxylation sites is 1. The number of methoxy groups -OCH3 is 1. The fourth-order valence-corrected chi connectivity index (χ4v) is 2.37. The third kappa shape index (κ3) is 3.53. The van der Waals surface area contributed by atoms with Gasteiger partial charge in [0.1, 0.15) is 5.75 Å². The van der Waals surface area contributed by atoms with Crippen molar-refractivity contribution in [1.82, 2.24) is 4.90 Å². The molecule has 0 bridgehead atoms. The maximum Gasteiger partial charge on any atom is 0.126 e. The molecule has 20 heavy (non-hydrogen) atoms. The SMILES string of the molecule is COc1ccccc1-c1cc(CCN(C)C)ccc1Cl. The van der Waals surface area contributed by atoms with Gasteiger partial charge in [-0.05, 0) is 44.3 Å². The van der Waals surface area contributed by atoms with Crippen molar-refractivity contribution in [3.8, 4) is 16.9 Å². The summed E-state index contributed by atoms with van der Waals surface area (Å²) in [5.41, 5.74) is 3.34. The highest BCUT2D eigenvalue weighted by Gasteiger charge is 2.09. The fourth-order valence-electron chi connectivity index (χ4n) is 2.15. The molecule has 2 rings (SSSR count). The third-order valence-corrected chi connectivity index (χ3v) is 3.61. The Morgan fingerprint density at radius 1 is 1.05 bits per heavy atom. The Morgan fingerprint density at radius 3 is 2.50 bits per heavy atom. The molecular weight excluding hydrogens is 270 g/mol. The zero-order valence-electron chi connectivity index (χ0n) is 12.2. The number of likely N-dealkylation sites (N-methyl/N-ethyl adjacent to an activating group) is 1. The van der Waals surface area contributed by atoms with E-state index in [4.69, 9.17) is 16.3 Å². The van der Waals surface area contributed by atoms with Crippen LogP contribution in [0, 0.1) is 0 Å². The maximum atomic E-state index is 6.36. The largest absolute Gasteiger partial charge is 0.496 e. The van der Waals surface area contributed by atoms with Gasteiger partial charge in [0.25, 0.3) is 0 Å². The lowest BCUT2D eigenvalue weighted by atomic mass is 10.0. The van der Waals surface area contributed by atoms with E-state index in [0.717, 1.165) is 34.9 Å². The first-order chi connectivity index (χ1) is 9.61. The van der Waals surface area contributed by atoms with Crippen LogP contribution in [-0.2, 0) is 6.42 Å². The zero-order valence-corrected chi connectivity index (χ0v) is 12.9. The van der Waals surface area contributed by atoms with Crippen LogP contribution in [0.4, 0.5) is 0 Å². The Bertz CT molecular complexity index is 581. The highest BCUT2D eigenvalue weighted by Crippen LogP contribution is 2.35. The summed E-state index contributed by atoms with van der Waals surface area (Å²) in [5, 5.41) is 0.753. The summed E-state index contributed by atoms with van der Waals surface area (Å²) in [4.78, 5) is 2.18. The molecule has 106 valence electrons. The van der Waals surface area contributed by atoms with E-state index in [2.05, 4.69) is 31.1 Å². The Kier molecular flexibility index (Phi) is 5.05. The first-order valence-corrected chi connectivity index (χ1v) is 7.06. The standard InChI is InChI=1S/C17H20ClNO/c1-19(2)11-10-13-8-9-16(18)15(12-13)14-6-4-5-7-17(14)20-3/h4-9,12H,10-11H2,1-3H3. The van der Waals surface area contributed by atoms with Crippen molar-refractivity contribution in [2.45, 2.75) is 6.42 Å². The van der Waals surface area contributed by atoms with Gasteiger partial charge >= 0.3 is 0 Å². The van der Waals surface area contributed by atoms with Gasteiger partial charge in [-0.15, -0.1) is 0 Å². The van der Waals surface area contributed by atoms with Crippen LogP contribution in [-0.4, -0.2) is 32.6 Å². The molecule has 0 aromatic heterocycles. The Hall–Kier alpha value is -1.51. The van der Waals surface area contributed by atoms with Gasteiger partial charge in [0.15, 0.2) is 0 Å². The average Bonchev–Trinajstić information content (AvgIpc) is 2.46. The van der Waals surface area contributed by atoms with Crippen molar-refractivity contribution in [2.24, 2.45) is 0 Å². The molecule has 0 N–H and O–H groups in total. The first kappa shape index (κ1) is 14.9. The quantitative estimate of drug-likeness (QED) is 0.821. The van der Waals surface area contributed by atoms with Crippen molar-refractivity contribution in [1.29, 1.82) is 0 Å². The Labute approximate surface area is 125 Å². The van der Waals surface area contributed by atoms with Crippen LogP contribution >= 0.6 is 11.6 Å². The molecule has 2 aromatic carbocycles. The molecule has 0 aliphatic carbocycles. The van der Waals surface area contributed by atoms with Crippen molar-refractivity contribution in [2.75, 3.05) is 27.7 Å². The molecule has 0 saturated heterocycles. The van der Waals surface area contributed by atoms with Gasteiger partial charge in [-0.25, -0.2) is 0 Å². The van der Waals surface area contributed by atoms with Gasteiger partial charge < -0.3 is 9.64 Å². The highest BCUT2D eigenvalue weighted by molar-refractivity contribution is 6.33. The van der Waals surface area contributed by atoms with Gasteiger partial charge in [0.05, 0.1) is 7.11 Å². The summed E-state index contributed by atoms with van der Waals surface area (Å²) in [5.74, 6) is 0.846. The molecule has 0 aliphatic rings. The number of halogens is 1. The first-order valence-electron chi connectivity index (χ1n) is 6.68. The van der Waals surface area contributed by atoms with Crippen LogP contribution in [0.1, 0.15) is 5.56 Å². The lowest BCUT2D eigenvalue weighted by Crippen LogP contribution is -2.15. The number of rotatable bonds is 5. The molecule has 0 atom stereocenters. The lowest BCUT2D eigenvalue weighted by Gasteiger charge is -2.13. The predicted octanol–water partition coefficient (Wildman–Crippen LogP) is 4.12. The molecule has 0 spiro atoms. The minimum Gasteiger partial charge on any atom is -0.496 e. The van der Waals surface area contributed by atoms with Crippen molar-refractivity contribution < 1.29 is 4.74 Å². The van der Waals surface area contributed by atoms with E-state index in [0.29, 0.717) is 0 Å². The Balaban J connectivity index is 2.37. The van der Waals surface area contributed by atoms with E-state index in [-0.39, 0.29) is 0 Å². The van der Waals surface area contributed by atoms with Gasteiger partial charge in [-0.2, -0.15) is 0 Å². The van der Waals surface area contributed by atoms with Gasteiger partial charge in [-0.3, -0.25) is 0 Å². The molecule has 0 amide bonds. The number of ether oxygens (including phenoxy) is 1. The highest BCUT2D eigenvalue weighted by atomic mass is 35.5. The molecule has 3 heteroatoms. The van der Waals surface area contributed by atoms with Crippen molar-refractivity contribution >= 4 is 11.6 Å². The molecule has 0 heterocycles. The fraction of sp³-hybridized carbons (Fsp3) is 0.294. The van der Waals surface area contributed by atoms with E-state index >= 15 is 0 Å². The Morgan fingerprint density at radius 2 is 1.80 bits per heavy atom. The summed E-state index contributed by atoms with van der Waals surface area (Å²) < 4.78 is 5.43. The van der Waals surface area contributed by atoms with Crippen LogP contribution in [0.2, 0.25) is 5.02 Å². The van der Waals surface area contributed by atoms with Crippen LogP contribution in [0.5, 0.6) is 5.75 Å². The lowest BCUT2D eigenvalue weighted by molar-refractivity contribution is 0.413. The maximum absolute atomic E-state index is 6.36. The van der Waals surface area contributed by atoms with E-state index in [1.807, 2.05) is 30.3 Å². The van der Waals surface area contributed by atoms with Gasteiger partial charge in [0, 0.05) is 22.7 Å². The summed E-state index contributed by atoms with van der Waals surface area (Å²) in [7, 11) is 5.84. The molecule has 0 unspecified atom stereocenters. The van der Waals surface area contributed by atoms with Crippen molar-refractivity contribution in [3.05, 3.63) is 53.1 Å². The molecule has 2 nitrogen and oxygen atoms in total. The normalized spacial score (nSPS) is 10.8. The molecule has 0 fully saturated rings. The van der Waals surface area contributed by atoms with Crippen molar-refractivity contribution in [3.63, 3.8) is 0 Å². The van der Waals surface area contributed by atoms with E-state index < -0.39 is 0 Å². The summed E-state index contributed by atoms with van der Waals surface area (Å²) in [6, 6.07) is 14.2. The smallest absolute Gasteiger partial charge is 0.126 e. The van der Waals surface area contributed by atoms with Crippen LogP contribution in [0.15, 0.2) is 42.5 Å². The van der Waals surface area contributed by atoms with E-state index in [1.54, 1.807) is 7.11 Å². The second-order valence-electron chi connectivity index (χ2n) is 5.07. The minimum absolute atomic E-state index is 0.753. The molecule has 0 aliphatic heterocycles. The zero-order chi connectivity index (χ0) is 14.5. The van der Waals surface area contributed by atoms with Gasteiger partial charge in [0.2, 0.25) is 0 Å². The van der Waals surface area contributed by atoms with E-state index in [1.165, 1.54) is 5.56 Å². The van der Waals surface area contributed by atoms with Crippen LogP contribution < -0.4 is 4.74 Å². The van der Waals surface area contributed by atoms with Crippen LogP contribution in [0.25, 0.3) is 11.1 Å². The number of benzene rings is 2.